The highest BCUT2D eigenvalue weighted by molar-refractivity contribution is 9.10. The topological polar surface area (TPSA) is 12.0 Å². The normalized spacial score (nSPS) is 12.6. The average molecular weight is 338 g/mol. The fourth-order valence-electron chi connectivity index (χ4n) is 2.19. The summed E-state index contributed by atoms with van der Waals surface area (Å²) in [6.45, 7) is 5.46. The number of aryl methyl sites for hydroxylation is 1. The van der Waals surface area contributed by atoms with Gasteiger partial charge in [-0.15, -0.1) is 11.3 Å². The van der Waals surface area contributed by atoms with Gasteiger partial charge >= 0.3 is 0 Å². The van der Waals surface area contributed by atoms with Crippen molar-refractivity contribution in [3.8, 4) is 0 Å². The van der Waals surface area contributed by atoms with Gasteiger partial charge in [-0.1, -0.05) is 31.2 Å². The lowest BCUT2D eigenvalue weighted by Crippen LogP contribution is -2.23. The fraction of sp³-hybridized carbons (Fsp3) is 0.375. The molecule has 0 aliphatic rings. The van der Waals surface area contributed by atoms with Crippen molar-refractivity contribution in [3.05, 3.63) is 56.2 Å². The molecular formula is C16H20BrNS. The Hall–Kier alpha value is -0.640. The molecule has 0 amide bonds. The maximum absolute atomic E-state index is 3.67. The number of thiophene rings is 1. The summed E-state index contributed by atoms with van der Waals surface area (Å²) in [4.78, 5) is 1.40. The van der Waals surface area contributed by atoms with Crippen molar-refractivity contribution < 1.29 is 0 Å². The summed E-state index contributed by atoms with van der Waals surface area (Å²) in [6, 6.07) is 11.2. The molecule has 102 valence electrons. The first kappa shape index (κ1) is 14.8. The SMILES string of the molecule is CCCNC(Cc1ccccc1C)c1sccc1Br. The van der Waals surface area contributed by atoms with Crippen LogP contribution in [0.1, 0.15) is 35.4 Å². The van der Waals surface area contributed by atoms with E-state index in [1.807, 2.05) is 11.3 Å². The monoisotopic (exact) mass is 337 g/mol. The lowest BCUT2D eigenvalue weighted by molar-refractivity contribution is 0.534. The van der Waals surface area contributed by atoms with Gasteiger partial charge in [0.25, 0.3) is 0 Å². The van der Waals surface area contributed by atoms with Gasteiger partial charge < -0.3 is 5.32 Å². The van der Waals surface area contributed by atoms with Gasteiger partial charge in [0.05, 0.1) is 0 Å². The van der Waals surface area contributed by atoms with Crippen LogP contribution in [0.4, 0.5) is 0 Å². The standard InChI is InChI=1S/C16H20BrNS/c1-3-9-18-15(16-14(17)8-10-19-16)11-13-7-5-4-6-12(13)2/h4-8,10,15,18H,3,9,11H2,1-2H3. The average Bonchev–Trinajstić information content (AvgIpc) is 2.83. The summed E-state index contributed by atoms with van der Waals surface area (Å²) in [7, 11) is 0. The third-order valence-corrected chi connectivity index (χ3v) is 5.27. The summed E-state index contributed by atoms with van der Waals surface area (Å²) >= 11 is 5.48. The molecule has 1 unspecified atom stereocenters. The summed E-state index contributed by atoms with van der Waals surface area (Å²) in [5, 5.41) is 5.82. The van der Waals surface area contributed by atoms with Crippen LogP contribution in [0.15, 0.2) is 40.2 Å². The van der Waals surface area contributed by atoms with E-state index in [-0.39, 0.29) is 0 Å². The van der Waals surface area contributed by atoms with Crippen LogP contribution in [0.3, 0.4) is 0 Å². The Labute approximate surface area is 128 Å². The van der Waals surface area contributed by atoms with Crippen molar-refractivity contribution in [2.75, 3.05) is 6.54 Å². The lowest BCUT2D eigenvalue weighted by atomic mass is 10.00. The van der Waals surface area contributed by atoms with E-state index >= 15 is 0 Å². The van der Waals surface area contributed by atoms with Gasteiger partial charge in [0.2, 0.25) is 0 Å². The second kappa shape index (κ2) is 7.22. The van der Waals surface area contributed by atoms with E-state index in [2.05, 4.69) is 70.8 Å². The fourth-order valence-corrected chi connectivity index (χ4v) is 3.92. The Morgan fingerprint density at radius 1 is 1.26 bits per heavy atom. The highest BCUT2D eigenvalue weighted by Crippen LogP contribution is 2.31. The Bertz CT molecular complexity index is 521. The van der Waals surface area contributed by atoms with Crippen LogP contribution in [-0.4, -0.2) is 6.54 Å². The highest BCUT2D eigenvalue weighted by atomic mass is 79.9. The predicted octanol–water partition coefficient (Wildman–Crippen LogP) is 5.10. The van der Waals surface area contributed by atoms with Gasteiger partial charge in [-0.05, 0) is 64.8 Å². The number of benzene rings is 1. The minimum absolute atomic E-state index is 0.399. The second-order valence-electron chi connectivity index (χ2n) is 4.77. The first-order valence-electron chi connectivity index (χ1n) is 6.73. The van der Waals surface area contributed by atoms with Crippen molar-refractivity contribution in [2.24, 2.45) is 0 Å². The molecule has 1 N–H and O–H groups in total. The van der Waals surface area contributed by atoms with E-state index in [1.165, 1.54) is 20.5 Å². The molecule has 0 aliphatic heterocycles. The number of rotatable bonds is 6. The number of hydrogen-bond acceptors (Lipinski definition) is 2. The first-order chi connectivity index (χ1) is 9.22. The second-order valence-corrected chi connectivity index (χ2v) is 6.57. The molecule has 1 nitrogen and oxygen atoms in total. The van der Waals surface area contributed by atoms with E-state index in [1.54, 1.807) is 0 Å². The predicted molar refractivity (Wildman–Crippen MR) is 87.9 cm³/mol. The van der Waals surface area contributed by atoms with E-state index in [0.717, 1.165) is 19.4 Å². The summed E-state index contributed by atoms with van der Waals surface area (Å²) in [5.41, 5.74) is 2.80. The molecule has 2 aromatic rings. The zero-order chi connectivity index (χ0) is 13.7. The lowest BCUT2D eigenvalue weighted by Gasteiger charge is -2.19. The molecule has 0 aliphatic carbocycles. The Morgan fingerprint density at radius 3 is 2.68 bits per heavy atom. The molecule has 1 atom stereocenters. The molecule has 0 saturated heterocycles. The molecule has 0 radical (unpaired) electrons. The van der Waals surface area contributed by atoms with Gasteiger partial charge in [0.15, 0.2) is 0 Å². The van der Waals surface area contributed by atoms with Gasteiger partial charge in [-0.2, -0.15) is 0 Å². The molecule has 19 heavy (non-hydrogen) atoms. The van der Waals surface area contributed by atoms with E-state index in [9.17, 15) is 0 Å². The molecule has 1 aromatic heterocycles. The maximum Gasteiger partial charge on any atom is 0.0467 e. The summed E-state index contributed by atoms with van der Waals surface area (Å²) < 4.78 is 1.22. The minimum Gasteiger partial charge on any atom is -0.309 e. The van der Waals surface area contributed by atoms with E-state index in [4.69, 9.17) is 0 Å². The van der Waals surface area contributed by atoms with Crippen molar-refractivity contribution in [1.29, 1.82) is 0 Å². The number of hydrogen-bond donors (Lipinski definition) is 1. The zero-order valence-electron chi connectivity index (χ0n) is 11.4. The largest absolute Gasteiger partial charge is 0.309 e. The van der Waals surface area contributed by atoms with Crippen LogP contribution in [0.5, 0.6) is 0 Å². The van der Waals surface area contributed by atoms with Gasteiger partial charge in [0, 0.05) is 15.4 Å². The van der Waals surface area contributed by atoms with Crippen LogP contribution >= 0.6 is 27.3 Å². The molecule has 0 fully saturated rings. The molecule has 0 bridgehead atoms. The molecular weight excluding hydrogens is 318 g/mol. The Kier molecular flexibility index (Phi) is 5.61. The minimum atomic E-state index is 0.399. The third kappa shape index (κ3) is 3.91. The number of halogens is 1. The van der Waals surface area contributed by atoms with Gasteiger partial charge in [-0.25, -0.2) is 0 Å². The van der Waals surface area contributed by atoms with Gasteiger partial charge in [0.1, 0.15) is 0 Å². The van der Waals surface area contributed by atoms with Crippen molar-refractivity contribution in [3.63, 3.8) is 0 Å². The summed E-state index contributed by atoms with van der Waals surface area (Å²) in [6.07, 6.45) is 2.21. The van der Waals surface area contributed by atoms with Crippen LogP contribution in [0.2, 0.25) is 0 Å². The van der Waals surface area contributed by atoms with Crippen LogP contribution in [0, 0.1) is 6.92 Å². The van der Waals surface area contributed by atoms with Crippen molar-refractivity contribution in [1.82, 2.24) is 5.32 Å². The molecule has 3 heteroatoms. The van der Waals surface area contributed by atoms with E-state index < -0.39 is 0 Å². The molecule has 1 heterocycles. The van der Waals surface area contributed by atoms with Crippen molar-refractivity contribution in [2.45, 2.75) is 32.7 Å². The third-order valence-electron chi connectivity index (χ3n) is 3.29. The smallest absolute Gasteiger partial charge is 0.0467 e. The molecule has 0 saturated carbocycles. The van der Waals surface area contributed by atoms with Crippen molar-refractivity contribution >= 4 is 27.3 Å². The molecule has 2 rings (SSSR count). The van der Waals surface area contributed by atoms with Gasteiger partial charge in [-0.3, -0.25) is 0 Å². The Morgan fingerprint density at radius 2 is 2.05 bits per heavy atom. The quantitative estimate of drug-likeness (QED) is 0.772. The number of nitrogens with one attached hydrogen (secondary N) is 1. The summed E-state index contributed by atoms with van der Waals surface area (Å²) in [5.74, 6) is 0. The first-order valence-corrected chi connectivity index (χ1v) is 8.40. The highest BCUT2D eigenvalue weighted by Gasteiger charge is 2.16. The Balaban J connectivity index is 2.19. The van der Waals surface area contributed by atoms with Crippen LogP contribution in [0.25, 0.3) is 0 Å². The maximum atomic E-state index is 3.67. The van der Waals surface area contributed by atoms with Crippen LogP contribution in [-0.2, 0) is 6.42 Å². The molecule has 1 aromatic carbocycles. The van der Waals surface area contributed by atoms with Crippen LogP contribution < -0.4 is 5.32 Å². The zero-order valence-corrected chi connectivity index (χ0v) is 13.9. The van der Waals surface area contributed by atoms with E-state index in [0.29, 0.717) is 6.04 Å². The molecule has 0 spiro atoms.